The van der Waals surface area contributed by atoms with Crippen molar-refractivity contribution in [2.45, 2.75) is 25.7 Å². The summed E-state index contributed by atoms with van der Waals surface area (Å²) >= 11 is 0. The average molecular weight is 567 g/mol. The Hall–Kier alpha value is -0.969. The zero-order chi connectivity index (χ0) is 18.5. The maximum atomic E-state index is 2.34. The van der Waals surface area contributed by atoms with Crippen molar-refractivity contribution in [1.82, 2.24) is 0 Å². The average Bonchev–Trinajstić information content (AvgIpc) is 3.31. The number of hydrogen-bond donors (Lipinski definition) is 0. The largest absolute Gasteiger partial charge is 2.00 e. The molecule has 150 valence electrons. The number of rotatable bonds is 3. The van der Waals surface area contributed by atoms with E-state index in [1.165, 1.54) is 44.5 Å². The molecule has 0 spiro atoms. The monoisotopic (exact) mass is 566 g/mol. The van der Waals surface area contributed by atoms with Gasteiger partial charge in [0.25, 0.3) is 0 Å². The third-order valence-electron chi connectivity index (χ3n) is 6.56. The van der Waals surface area contributed by atoms with E-state index < -0.39 is 0 Å². The second-order valence-corrected chi connectivity index (χ2v) is 8.05. The standard InChI is InChI=1S/C28H22.Ba.2ClH/c1-3-11-23-21(7-1)17-27-19(9-5-13-25(23)27)15-16-20-10-6-14-26-24-12-4-2-8-22(24)18-28(20)26;;;/h1-14H,15-18H2;;2*1H/q;+2;;/p-2. The second-order valence-electron chi connectivity index (χ2n) is 8.05. The van der Waals surface area contributed by atoms with Gasteiger partial charge in [-0.05, 0) is 81.3 Å². The van der Waals surface area contributed by atoms with E-state index in [1.54, 1.807) is 11.1 Å². The van der Waals surface area contributed by atoms with Gasteiger partial charge in [0.1, 0.15) is 0 Å². The Bertz CT molecular complexity index is 1130. The summed E-state index contributed by atoms with van der Waals surface area (Å²) in [5, 5.41) is 0. The van der Waals surface area contributed by atoms with Crippen molar-refractivity contribution in [3.63, 3.8) is 0 Å². The van der Waals surface area contributed by atoms with Gasteiger partial charge in [0.2, 0.25) is 0 Å². The van der Waals surface area contributed by atoms with Crippen LogP contribution in [0.25, 0.3) is 22.3 Å². The van der Waals surface area contributed by atoms with Crippen LogP contribution in [0.15, 0.2) is 84.9 Å². The Kier molecular flexibility index (Phi) is 8.21. The molecule has 0 radical (unpaired) electrons. The Morgan fingerprint density at radius 1 is 0.452 bits per heavy atom. The van der Waals surface area contributed by atoms with Gasteiger partial charge < -0.3 is 24.8 Å². The minimum absolute atomic E-state index is 0. The Labute approximate surface area is 237 Å². The Morgan fingerprint density at radius 2 is 0.839 bits per heavy atom. The zero-order valence-corrected chi connectivity index (χ0v) is 23.3. The minimum Gasteiger partial charge on any atom is -1.00 e. The number of benzene rings is 4. The number of aryl methyl sites for hydroxylation is 2. The van der Waals surface area contributed by atoms with E-state index in [2.05, 4.69) is 84.9 Å². The van der Waals surface area contributed by atoms with Gasteiger partial charge in [-0.2, -0.15) is 0 Å². The van der Waals surface area contributed by atoms with Gasteiger partial charge in [0, 0.05) is 0 Å². The molecule has 0 atom stereocenters. The molecule has 31 heavy (non-hydrogen) atoms. The third-order valence-corrected chi connectivity index (χ3v) is 6.56. The Balaban J connectivity index is 0.000000907. The van der Waals surface area contributed by atoms with Gasteiger partial charge in [-0.1, -0.05) is 84.9 Å². The van der Waals surface area contributed by atoms with E-state index in [0.717, 1.165) is 25.7 Å². The molecule has 0 N–H and O–H groups in total. The van der Waals surface area contributed by atoms with Crippen LogP contribution in [-0.2, 0) is 25.7 Å². The summed E-state index contributed by atoms with van der Waals surface area (Å²) in [7, 11) is 0. The van der Waals surface area contributed by atoms with E-state index in [1.807, 2.05) is 0 Å². The van der Waals surface area contributed by atoms with E-state index in [0.29, 0.717) is 0 Å². The van der Waals surface area contributed by atoms with Crippen LogP contribution in [0.4, 0.5) is 0 Å². The first-order chi connectivity index (χ1) is 13.9. The predicted octanol–water partition coefficient (Wildman–Crippen LogP) is 0.241. The number of halogens is 2. The summed E-state index contributed by atoms with van der Waals surface area (Å²) in [4.78, 5) is 0. The summed E-state index contributed by atoms with van der Waals surface area (Å²) in [6, 6.07) is 31.5. The SMILES string of the molecule is [Ba+2].[Cl-].[Cl-].c1ccc2c(c1)Cc1c(CCc3cccc4c3Cc3ccccc3-4)cccc1-2. The van der Waals surface area contributed by atoms with Crippen molar-refractivity contribution in [2.24, 2.45) is 0 Å². The maximum absolute atomic E-state index is 2.34. The number of fused-ring (bicyclic) bond motifs is 6. The molecule has 0 bridgehead atoms. The van der Waals surface area contributed by atoms with Crippen LogP contribution < -0.4 is 24.8 Å². The molecule has 0 nitrogen and oxygen atoms in total. The van der Waals surface area contributed by atoms with Gasteiger partial charge in [-0.25, -0.2) is 0 Å². The van der Waals surface area contributed by atoms with E-state index in [4.69, 9.17) is 0 Å². The van der Waals surface area contributed by atoms with Crippen molar-refractivity contribution in [2.75, 3.05) is 0 Å². The molecule has 3 heteroatoms. The van der Waals surface area contributed by atoms with E-state index in [9.17, 15) is 0 Å². The molecule has 0 heterocycles. The first-order valence-electron chi connectivity index (χ1n) is 10.3. The molecule has 0 aromatic heterocycles. The van der Waals surface area contributed by atoms with Crippen LogP contribution in [0.5, 0.6) is 0 Å². The van der Waals surface area contributed by atoms with Crippen LogP contribution in [0, 0.1) is 0 Å². The van der Waals surface area contributed by atoms with Crippen LogP contribution >= 0.6 is 0 Å². The molecular formula is C28H22BaCl2. The number of hydrogen-bond acceptors (Lipinski definition) is 0. The molecule has 2 aliphatic rings. The summed E-state index contributed by atoms with van der Waals surface area (Å²) in [6.07, 6.45) is 4.40. The molecule has 0 saturated carbocycles. The fourth-order valence-corrected chi connectivity index (χ4v) is 5.18. The van der Waals surface area contributed by atoms with Gasteiger partial charge in [0.05, 0.1) is 0 Å². The van der Waals surface area contributed by atoms with E-state index >= 15 is 0 Å². The van der Waals surface area contributed by atoms with Crippen LogP contribution in [0.3, 0.4) is 0 Å². The Morgan fingerprint density at radius 3 is 1.29 bits per heavy atom. The normalized spacial score (nSPS) is 11.7. The summed E-state index contributed by atoms with van der Waals surface area (Å²) in [5.41, 5.74) is 14.8. The predicted molar refractivity (Wildman–Crippen MR) is 123 cm³/mol. The van der Waals surface area contributed by atoms with Crippen molar-refractivity contribution < 1.29 is 24.8 Å². The molecule has 0 unspecified atom stereocenters. The van der Waals surface area contributed by atoms with Gasteiger partial charge >= 0.3 is 48.9 Å². The molecule has 4 aromatic rings. The summed E-state index contributed by atoms with van der Waals surface area (Å²) < 4.78 is 0. The molecule has 4 aromatic carbocycles. The second kappa shape index (κ2) is 10.3. The molecule has 0 amide bonds. The topological polar surface area (TPSA) is 0 Å². The molecule has 6 rings (SSSR count). The van der Waals surface area contributed by atoms with Crippen molar-refractivity contribution in [1.29, 1.82) is 0 Å². The summed E-state index contributed by atoms with van der Waals surface area (Å²) in [5.74, 6) is 0. The molecule has 0 aliphatic heterocycles. The van der Waals surface area contributed by atoms with Crippen molar-refractivity contribution in [3.05, 3.63) is 118 Å². The third kappa shape index (κ3) is 4.33. The zero-order valence-electron chi connectivity index (χ0n) is 17.4. The first kappa shape index (κ1) is 24.7. The van der Waals surface area contributed by atoms with Crippen LogP contribution in [-0.4, -0.2) is 48.9 Å². The van der Waals surface area contributed by atoms with Gasteiger partial charge in [0.15, 0.2) is 0 Å². The maximum Gasteiger partial charge on any atom is 2.00 e. The molecule has 0 saturated heterocycles. The van der Waals surface area contributed by atoms with Crippen LogP contribution in [0.2, 0.25) is 0 Å². The quantitative estimate of drug-likeness (QED) is 0.270. The minimum atomic E-state index is 0. The van der Waals surface area contributed by atoms with Gasteiger partial charge in [-0.15, -0.1) is 0 Å². The van der Waals surface area contributed by atoms with Crippen molar-refractivity contribution in [3.8, 4) is 22.3 Å². The van der Waals surface area contributed by atoms with Crippen molar-refractivity contribution >= 4 is 48.9 Å². The molecule has 0 fully saturated rings. The fourth-order valence-electron chi connectivity index (χ4n) is 5.18. The summed E-state index contributed by atoms with van der Waals surface area (Å²) in [6.45, 7) is 0. The smallest absolute Gasteiger partial charge is 1.00 e. The molecular weight excluding hydrogens is 545 g/mol. The van der Waals surface area contributed by atoms with Gasteiger partial charge in [-0.3, -0.25) is 0 Å². The fraction of sp³-hybridized carbons (Fsp3) is 0.143. The van der Waals surface area contributed by atoms with Crippen LogP contribution in [0.1, 0.15) is 33.4 Å². The van der Waals surface area contributed by atoms with E-state index in [-0.39, 0.29) is 73.7 Å². The molecule has 2 aliphatic carbocycles. The first-order valence-corrected chi connectivity index (χ1v) is 10.3.